The lowest BCUT2D eigenvalue weighted by atomic mass is 10.2. The lowest BCUT2D eigenvalue weighted by Gasteiger charge is -2.06. The molecule has 19 heavy (non-hydrogen) atoms. The third kappa shape index (κ3) is 5.56. The van der Waals surface area contributed by atoms with Gasteiger partial charge in [-0.1, -0.05) is 0 Å². The number of hydrogen-bond donors (Lipinski definition) is 2. The van der Waals surface area contributed by atoms with Crippen molar-refractivity contribution in [2.24, 2.45) is 0 Å². The summed E-state index contributed by atoms with van der Waals surface area (Å²) in [5.74, 6) is 0.264. The molecule has 2 amide bonds. The Hall–Kier alpha value is -1.82. The molecular weight excluding hydrogens is 248 g/mol. The lowest BCUT2D eigenvalue weighted by molar-refractivity contribution is -0.120. The van der Waals surface area contributed by atoms with E-state index in [0.29, 0.717) is 31.0 Å². The molecule has 0 aliphatic rings. The molecule has 0 saturated carbocycles. The van der Waals surface area contributed by atoms with E-state index in [1.54, 1.807) is 20.1 Å². The van der Waals surface area contributed by atoms with Gasteiger partial charge in [-0.3, -0.25) is 9.59 Å². The van der Waals surface area contributed by atoms with Gasteiger partial charge in [0.05, 0.1) is 11.8 Å². The van der Waals surface area contributed by atoms with Crippen LogP contribution in [0, 0.1) is 6.92 Å². The van der Waals surface area contributed by atoms with E-state index < -0.39 is 0 Å². The van der Waals surface area contributed by atoms with E-state index >= 15 is 0 Å². The summed E-state index contributed by atoms with van der Waals surface area (Å²) in [5.41, 5.74) is 0.500. The van der Waals surface area contributed by atoms with Crippen molar-refractivity contribution in [1.29, 1.82) is 0 Å². The van der Waals surface area contributed by atoms with Gasteiger partial charge in [-0.2, -0.15) is 0 Å². The number of ether oxygens (including phenoxy) is 1. The van der Waals surface area contributed by atoms with Gasteiger partial charge in [0, 0.05) is 33.2 Å². The van der Waals surface area contributed by atoms with Crippen molar-refractivity contribution in [3.8, 4) is 0 Å². The normalized spacial score (nSPS) is 10.2. The predicted molar refractivity (Wildman–Crippen MR) is 69.9 cm³/mol. The average molecular weight is 268 g/mol. The standard InChI is InChI=1S/C13H20N2O4/c1-10-11(5-9-19-10)13(17)15-7-4-12(16)14-6-3-8-18-2/h5,9H,3-4,6-8H2,1-2H3,(H,14,16)(H,15,17). The predicted octanol–water partition coefficient (Wildman–Crippen LogP) is 0.861. The lowest BCUT2D eigenvalue weighted by Crippen LogP contribution is -2.31. The number of nitrogens with one attached hydrogen (secondary N) is 2. The van der Waals surface area contributed by atoms with Crippen molar-refractivity contribution in [1.82, 2.24) is 10.6 Å². The van der Waals surface area contributed by atoms with Crippen LogP contribution in [0.25, 0.3) is 0 Å². The largest absolute Gasteiger partial charge is 0.469 e. The Morgan fingerprint density at radius 1 is 1.32 bits per heavy atom. The van der Waals surface area contributed by atoms with E-state index in [2.05, 4.69) is 10.6 Å². The Bertz CT molecular complexity index is 415. The molecule has 0 aromatic carbocycles. The van der Waals surface area contributed by atoms with Gasteiger partial charge in [-0.05, 0) is 19.4 Å². The topological polar surface area (TPSA) is 80.6 Å². The first-order valence-electron chi connectivity index (χ1n) is 6.23. The number of hydrogen-bond acceptors (Lipinski definition) is 4. The Kier molecular flexibility index (Phi) is 6.67. The van der Waals surface area contributed by atoms with Gasteiger partial charge in [0.25, 0.3) is 5.91 Å². The Labute approximate surface area is 112 Å². The number of amides is 2. The zero-order chi connectivity index (χ0) is 14.1. The summed E-state index contributed by atoms with van der Waals surface area (Å²) >= 11 is 0. The van der Waals surface area contributed by atoms with Gasteiger partial charge < -0.3 is 19.8 Å². The molecule has 1 rings (SSSR count). The maximum absolute atomic E-state index is 11.7. The summed E-state index contributed by atoms with van der Waals surface area (Å²) in [6.07, 6.45) is 2.51. The summed E-state index contributed by atoms with van der Waals surface area (Å²) in [6, 6.07) is 1.61. The fraction of sp³-hybridized carbons (Fsp3) is 0.538. The van der Waals surface area contributed by atoms with E-state index in [1.807, 2.05) is 0 Å². The number of methoxy groups -OCH3 is 1. The van der Waals surface area contributed by atoms with Crippen molar-refractivity contribution in [2.45, 2.75) is 19.8 Å². The van der Waals surface area contributed by atoms with Gasteiger partial charge >= 0.3 is 0 Å². The summed E-state index contributed by atoms with van der Waals surface area (Å²) in [7, 11) is 1.62. The molecule has 2 N–H and O–H groups in total. The van der Waals surface area contributed by atoms with Crippen LogP contribution >= 0.6 is 0 Å². The molecule has 0 aliphatic carbocycles. The molecule has 0 aliphatic heterocycles. The highest BCUT2D eigenvalue weighted by atomic mass is 16.5. The second-order valence-corrected chi connectivity index (χ2v) is 4.09. The first-order chi connectivity index (χ1) is 9.15. The first-order valence-corrected chi connectivity index (χ1v) is 6.23. The number of aryl methyl sites for hydroxylation is 1. The molecule has 0 radical (unpaired) electrons. The minimum atomic E-state index is -0.224. The van der Waals surface area contributed by atoms with Crippen LogP contribution < -0.4 is 10.6 Å². The number of rotatable bonds is 8. The van der Waals surface area contributed by atoms with Crippen molar-refractivity contribution in [3.63, 3.8) is 0 Å². The van der Waals surface area contributed by atoms with Crippen LogP contribution in [-0.4, -0.2) is 38.6 Å². The third-order valence-electron chi connectivity index (χ3n) is 2.59. The van der Waals surface area contributed by atoms with E-state index in [4.69, 9.17) is 9.15 Å². The second-order valence-electron chi connectivity index (χ2n) is 4.09. The fourth-order valence-corrected chi connectivity index (χ4v) is 1.54. The zero-order valence-corrected chi connectivity index (χ0v) is 11.3. The molecular formula is C13H20N2O4. The van der Waals surface area contributed by atoms with Gasteiger partial charge in [0.15, 0.2) is 0 Å². The maximum Gasteiger partial charge on any atom is 0.254 e. The average Bonchev–Trinajstić information content (AvgIpc) is 2.81. The summed E-state index contributed by atoms with van der Waals surface area (Å²) < 4.78 is 9.91. The molecule has 6 nitrogen and oxygen atoms in total. The van der Waals surface area contributed by atoms with Gasteiger partial charge in [-0.15, -0.1) is 0 Å². The van der Waals surface area contributed by atoms with E-state index in [1.165, 1.54) is 6.26 Å². The van der Waals surface area contributed by atoms with Crippen LogP contribution in [0.15, 0.2) is 16.7 Å². The molecule has 6 heteroatoms. The SMILES string of the molecule is COCCCNC(=O)CCNC(=O)c1ccoc1C. The first kappa shape index (κ1) is 15.2. The molecule has 0 unspecified atom stereocenters. The number of carbonyl (C=O) groups is 2. The van der Waals surface area contributed by atoms with Gasteiger partial charge in [0.2, 0.25) is 5.91 Å². The van der Waals surface area contributed by atoms with Crippen LogP contribution in [0.2, 0.25) is 0 Å². The molecule has 0 spiro atoms. The Morgan fingerprint density at radius 2 is 2.11 bits per heavy atom. The minimum absolute atomic E-state index is 0.0830. The summed E-state index contributed by atoms with van der Waals surface area (Å²) in [6.45, 7) is 3.23. The summed E-state index contributed by atoms with van der Waals surface area (Å²) in [4.78, 5) is 23.1. The van der Waals surface area contributed by atoms with Crippen LogP contribution in [0.5, 0.6) is 0 Å². The number of furan rings is 1. The van der Waals surface area contributed by atoms with Crippen LogP contribution in [-0.2, 0) is 9.53 Å². The van der Waals surface area contributed by atoms with Crippen LogP contribution in [0.3, 0.4) is 0 Å². The highest BCUT2D eigenvalue weighted by Crippen LogP contribution is 2.07. The van der Waals surface area contributed by atoms with Crippen LogP contribution in [0.1, 0.15) is 29.0 Å². The quantitative estimate of drug-likeness (QED) is 0.685. The monoisotopic (exact) mass is 268 g/mol. The van der Waals surface area contributed by atoms with Crippen molar-refractivity contribution in [2.75, 3.05) is 26.8 Å². The Morgan fingerprint density at radius 3 is 2.74 bits per heavy atom. The minimum Gasteiger partial charge on any atom is -0.469 e. The van der Waals surface area contributed by atoms with E-state index in [0.717, 1.165) is 6.42 Å². The maximum atomic E-state index is 11.7. The van der Waals surface area contributed by atoms with Gasteiger partial charge in [-0.25, -0.2) is 0 Å². The third-order valence-corrected chi connectivity index (χ3v) is 2.59. The van der Waals surface area contributed by atoms with Crippen molar-refractivity contribution in [3.05, 3.63) is 23.7 Å². The molecule has 1 aromatic rings. The summed E-state index contributed by atoms with van der Waals surface area (Å²) in [5, 5.41) is 5.42. The Balaban J connectivity index is 2.15. The molecule has 0 bridgehead atoms. The van der Waals surface area contributed by atoms with Crippen molar-refractivity contribution < 1.29 is 18.7 Å². The highest BCUT2D eigenvalue weighted by molar-refractivity contribution is 5.95. The van der Waals surface area contributed by atoms with E-state index in [-0.39, 0.29) is 18.2 Å². The second kappa shape index (κ2) is 8.31. The molecule has 106 valence electrons. The molecule has 0 fully saturated rings. The fourth-order valence-electron chi connectivity index (χ4n) is 1.54. The van der Waals surface area contributed by atoms with Gasteiger partial charge in [0.1, 0.15) is 5.76 Å². The molecule has 1 heterocycles. The van der Waals surface area contributed by atoms with Crippen molar-refractivity contribution >= 4 is 11.8 Å². The van der Waals surface area contributed by atoms with E-state index in [9.17, 15) is 9.59 Å². The zero-order valence-electron chi connectivity index (χ0n) is 11.3. The molecule has 1 aromatic heterocycles. The molecule has 0 atom stereocenters. The number of carbonyl (C=O) groups excluding carboxylic acids is 2. The molecule has 0 saturated heterocycles. The highest BCUT2D eigenvalue weighted by Gasteiger charge is 2.11. The smallest absolute Gasteiger partial charge is 0.254 e. The van der Waals surface area contributed by atoms with Crippen LogP contribution in [0.4, 0.5) is 0 Å².